The van der Waals surface area contributed by atoms with Crippen LogP contribution in [0.15, 0.2) is 54.6 Å². The fourth-order valence-electron chi connectivity index (χ4n) is 2.99. The molecule has 0 aromatic heterocycles. The van der Waals surface area contributed by atoms with Crippen LogP contribution in [-0.2, 0) is 4.79 Å². The molecule has 24 heavy (non-hydrogen) atoms. The SMILES string of the molecule is Cc1ccc(C(=O)C2CCCN2C(=O)COc2ccccc2)cc1. The van der Waals surface area contributed by atoms with E-state index in [1.165, 1.54) is 0 Å². The lowest BCUT2D eigenvalue weighted by Gasteiger charge is -2.23. The number of rotatable bonds is 5. The van der Waals surface area contributed by atoms with Crippen LogP contribution < -0.4 is 4.74 Å². The zero-order chi connectivity index (χ0) is 16.9. The van der Waals surface area contributed by atoms with E-state index in [0.29, 0.717) is 24.3 Å². The van der Waals surface area contributed by atoms with Crippen LogP contribution in [0.4, 0.5) is 0 Å². The predicted octanol–water partition coefficient (Wildman–Crippen LogP) is 3.25. The summed E-state index contributed by atoms with van der Waals surface area (Å²) in [4.78, 5) is 26.8. The van der Waals surface area contributed by atoms with E-state index in [-0.39, 0.29) is 24.3 Å². The highest BCUT2D eigenvalue weighted by Gasteiger charge is 2.34. The van der Waals surface area contributed by atoms with E-state index in [4.69, 9.17) is 4.74 Å². The van der Waals surface area contributed by atoms with Gasteiger partial charge < -0.3 is 9.64 Å². The Labute approximate surface area is 142 Å². The smallest absolute Gasteiger partial charge is 0.261 e. The molecule has 4 nitrogen and oxygen atoms in total. The van der Waals surface area contributed by atoms with E-state index in [2.05, 4.69) is 0 Å². The molecule has 0 spiro atoms. The van der Waals surface area contributed by atoms with Gasteiger partial charge in [0, 0.05) is 12.1 Å². The van der Waals surface area contributed by atoms with Gasteiger partial charge in [-0.15, -0.1) is 0 Å². The molecule has 2 aromatic rings. The first-order chi connectivity index (χ1) is 11.6. The zero-order valence-electron chi connectivity index (χ0n) is 13.8. The van der Waals surface area contributed by atoms with Gasteiger partial charge >= 0.3 is 0 Å². The standard InChI is InChI=1S/C20H21NO3/c1-15-9-11-16(12-10-15)20(23)18-8-5-13-21(18)19(22)14-24-17-6-3-2-4-7-17/h2-4,6-7,9-12,18H,5,8,13-14H2,1H3. The van der Waals surface area contributed by atoms with E-state index in [1.54, 1.807) is 4.90 Å². The minimum Gasteiger partial charge on any atom is -0.484 e. The Kier molecular flexibility index (Phi) is 4.94. The van der Waals surface area contributed by atoms with Crippen molar-refractivity contribution in [1.82, 2.24) is 4.90 Å². The third-order valence-corrected chi connectivity index (χ3v) is 4.32. The molecule has 1 amide bonds. The molecule has 2 aromatic carbocycles. The number of carbonyl (C=O) groups excluding carboxylic acids is 2. The van der Waals surface area contributed by atoms with Crippen molar-refractivity contribution in [3.63, 3.8) is 0 Å². The highest BCUT2D eigenvalue weighted by molar-refractivity contribution is 6.02. The molecule has 0 saturated carbocycles. The molecular weight excluding hydrogens is 302 g/mol. The Balaban J connectivity index is 1.65. The number of ketones is 1. The number of para-hydroxylation sites is 1. The first-order valence-corrected chi connectivity index (χ1v) is 8.23. The molecule has 3 rings (SSSR count). The first kappa shape index (κ1) is 16.2. The number of carbonyl (C=O) groups is 2. The highest BCUT2D eigenvalue weighted by Crippen LogP contribution is 2.22. The monoisotopic (exact) mass is 323 g/mol. The predicted molar refractivity (Wildman–Crippen MR) is 92.2 cm³/mol. The maximum absolute atomic E-state index is 12.7. The Morgan fingerprint density at radius 3 is 2.50 bits per heavy atom. The lowest BCUT2D eigenvalue weighted by atomic mass is 10.0. The number of benzene rings is 2. The topological polar surface area (TPSA) is 46.6 Å². The Morgan fingerprint density at radius 2 is 1.79 bits per heavy atom. The molecule has 1 aliphatic heterocycles. The van der Waals surface area contributed by atoms with Crippen molar-refractivity contribution in [2.45, 2.75) is 25.8 Å². The maximum Gasteiger partial charge on any atom is 0.261 e. The molecule has 0 radical (unpaired) electrons. The quantitative estimate of drug-likeness (QED) is 0.794. The van der Waals surface area contributed by atoms with Crippen molar-refractivity contribution < 1.29 is 14.3 Å². The summed E-state index contributed by atoms with van der Waals surface area (Å²) in [5, 5.41) is 0. The minimum absolute atomic E-state index is 0.0144. The van der Waals surface area contributed by atoms with E-state index < -0.39 is 0 Å². The van der Waals surface area contributed by atoms with Crippen molar-refractivity contribution >= 4 is 11.7 Å². The van der Waals surface area contributed by atoms with Gasteiger partial charge in [-0.2, -0.15) is 0 Å². The molecule has 1 aliphatic rings. The average molecular weight is 323 g/mol. The van der Waals surface area contributed by atoms with Crippen LogP contribution in [-0.4, -0.2) is 35.8 Å². The largest absolute Gasteiger partial charge is 0.484 e. The van der Waals surface area contributed by atoms with Gasteiger partial charge in [0.15, 0.2) is 12.4 Å². The molecule has 1 atom stereocenters. The van der Waals surface area contributed by atoms with E-state index in [9.17, 15) is 9.59 Å². The lowest BCUT2D eigenvalue weighted by molar-refractivity contribution is -0.133. The van der Waals surface area contributed by atoms with Crippen molar-refractivity contribution in [3.05, 3.63) is 65.7 Å². The first-order valence-electron chi connectivity index (χ1n) is 8.23. The normalized spacial score (nSPS) is 16.9. The number of amides is 1. The van der Waals surface area contributed by atoms with Crippen molar-refractivity contribution in [2.75, 3.05) is 13.2 Å². The van der Waals surface area contributed by atoms with Crippen molar-refractivity contribution in [3.8, 4) is 5.75 Å². The van der Waals surface area contributed by atoms with Gasteiger partial charge in [-0.25, -0.2) is 0 Å². The molecule has 0 aliphatic carbocycles. The highest BCUT2D eigenvalue weighted by atomic mass is 16.5. The van der Waals surface area contributed by atoms with Crippen LogP contribution in [0.5, 0.6) is 5.75 Å². The van der Waals surface area contributed by atoms with Crippen LogP contribution in [0.1, 0.15) is 28.8 Å². The summed E-state index contributed by atoms with van der Waals surface area (Å²) in [6.07, 6.45) is 1.56. The average Bonchev–Trinajstić information content (AvgIpc) is 3.10. The molecule has 4 heteroatoms. The summed E-state index contributed by atoms with van der Waals surface area (Å²) in [5.41, 5.74) is 1.77. The van der Waals surface area contributed by atoms with Crippen LogP contribution in [0.2, 0.25) is 0 Å². The van der Waals surface area contributed by atoms with Crippen LogP contribution in [0, 0.1) is 6.92 Å². The van der Waals surface area contributed by atoms with Gasteiger partial charge in [-0.1, -0.05) is 48.0 Å². The fraction of sp³-hybridized carbons (Fsp3) is 0.300. The van der Waals surface area contributed by atoms with Gasteiger partial charge in [0.2, 0.25) is 0 Å². The number of hydrogen-bond acceptors (Lipinski definition) is 3. The molecule has 124 valence electrons. The third-order valence-electron chi connectivity index (χ3n) is 4.32. The van der Waals surface area contributed by atoms with E-state index in [1.807, 2.05) is 61.5 Å². The summed E-state index contributed by atoms with van der Waals surface area (Å²) in [6, 6.07) is 16.4. The Morgan fingerprint density at radius 1 is 1.08 bits per heavy atom. The zero-order valence-corrected chi connectivity index (χ0v) is 13.8. The van der Waals surface area contributed by atoms with Gasteiger partial charge in [-0.3, -0.25) is 9.59 Å². The summed E-state index contributed by atoms with van der Waals surface area (Å²) in [6.45, 7) is 2.56. The number of aryl methyl sites for hydroxylation is 1. The summed E-state index contributed by atoms with van der Waals surface area (Å²) in [5.74, 6) is 0.536. The third kappa shape index (κ3) is 3.65. The van der Waals surface area contributed by atoms with Gasteiger partial charge in [0.25, 0.3) is 5.91 Å². The molecular formula is C20H21NO3. The fourth-order valence-corrected chi connectivity index (χ4v) is 2.99. The van der Waals surface area contributed by atoms with Gasteiger partial charge in [0.1, 0.15) is 5.75 Å². The van der Waals surface area contributed by atoms with Crippen LogP contribution >= 0.6 is 0 Å². The molecule has 1 unspecified atom stereocenters. The minimum atomic E-state index is -0.375. The second-order valence-corrected chi connectivity index (χ2v) is 6.08. The Bertz CT molecular complexity index is 709. The summed E-state index contributed by atoms with van der Waals surface area (Å²) in [7, 11) is 0. The van der Waals surface area contributed by atoms with E-state index >= 15 is 0 Å². The van der Waals surface area contributed by atoms with E-state index in [0.717, 1.165) is 12.0 Å². The number of Topliss-reactive ketones (excluding diaryl/α,β-unsaturated/α-hetero) is 1. The molecule has 0 bridgehead atoms. The summed E-state index contributed by atoms with van der Waals surface area (Å²) >= 11 is 0. The molecule has 1 fully saturated rings. The lowest BCUT2D eigenvalue weighted by Crippen LogP contribution is -2.42. The Hall–Kier alpha value is -2.62. The number of nitrogens with zero attached hydrogens (tertiary/aromatic N) is 1. The van der Waals surface area contributed by atoms with Gasteiger partial charge in [-0.05, 0) is 31.9 Å². The molecule has 0 N–H and O–H groups in total. The van der Waals surface area contributed by atoms with Crippen molar-refractivity contribution in [1.29, 1.82) is 0 Å². The second-order valence-electron chi connectivity index (χ2n) is 6.08. The maximum atomic E-state index is 12.7. The summed E-state index contributed by atoms with van der Waals surface area (Å²) < 4.78 is 5.53. The number of likely N-dealkylation sites (tertiary alicyclic amines) is 1. The van der Waals surface area contributed by atoms with Crippen LogP contribution in [0.25, 0.3) is 0 Å². The molecule has 1 saturated heterocycles. The molecule has 1 heterocycles. The number of hydrogen-bond donors (Lipinski definition) is 0. The van der Waals surface area contributed by atoms with Crippen molar-refractivity contribution in [2.24, 2.45) is 0 Å². The van der Waals surface area contributed by atoms with Gasteiger partial charge in [0.05, 0.1) is 6.04 Å². The van der Waals surface area contributed by atoms with Crippen LogP contribution in [0.3, 0.4) is 0 Å². The number of ether oxygens (including phenoxy) is 1. The second kappa shape index (κ2) is 7.30.